The van der Waals surface area contributed by atoms with Crippen molar-refractivity contribution in [3.63, 3.8) is 0 Å². The fraction of sp³-hybridized carbons (Fsp3) is 0.474. The second-order valence-corrected chi connectivity index (χ2v) is 6.68. The summed E-state index contributed by atoms with van der Waals surface area (Å²) in [5.41, 5.74) is 1.23. The number of aryl methyl sites for hydroxylation is 1. The predicted octanol–water partition coefficient (Wildman–Crippen LogP) is 2.49. The Kier molecular flexibility index (Phi) is 5.30. The highest BCUT2D eigenvalue weighted by Crippen LogP contribution is 2.22. The number of likely N-dealkylation sites (tertiary alicyclic amines) is 1. The highest BCUT2D eigenvalue weighted by Gasteiger charge is 2.25. The van der Waals surface area contributed by atoms with Gasteiger partial charge in [-0.25, -0.2) is 4.98 Å². The van der Waals surface area contributed by atoms with E-state index in [0.717, 1.165) is 38.3 Å². The third kappa shape index (κ3) is 4.03. The van der Waals surface area contributed by atoms with Crippen LogP contribution in [-0.2, 0) is 11.3 Å². The third-order valence-electron chi connectivity index (χ3n) is 4.71. The number of carbonyl (C=O) groups is 1. The molecule has 1 amide bonds. The van der Waals surface area contributed by atoms with Gasteiger partial charge in [-0.3, -0.25) is 9.69 Å². The highest BCUT2D eigenvalue weighted by molar-refractivity contribution is 5.78. The van der Waals surface area contributed by atoms with Crippen molar-refractivity contribution in [2.75, 3.05) is 26.7 Å². The van der Waals surface area contributed by atoms with Crippen molar-refractivity contribution in [3.8, 4) is 0 Å². The van der Waals surface area contributed by atoms with E-state index in [2.05, 4.69) is 26.6 Å². The molecule has 1 aliphatic rings. The first-order chi connectivity index (χ1) is 11.6. The minimum Gasteiger partial charge on any atom is -0.340 e. The molecule has 128 valence electrons. The van der Waals surface area contributed by atoms with Gasteiger partial charge in [0.05, 0.1) is 12.6 Å². The van der Waals surface area contributed by atoms with E-state index >= 15 is 0 Å². The van der Waals surface area contributed by atoms with Crippen LogP contribution in [0.5, 0.6) is 0 Å². The van der Waals surface area contributed by atoms with Crippen molar-refractivity contribution >= 4 is 5.91 Å². The summed E-state index contributed by atoms with van der Waals surface area (Å²) >= 11 is 0. The van der Waals surface area contributed by atoms with Crippen molar-refractivity contribution in [1.29, 1.82) is 0 Å². The number of carbonyl (C=O) groups excluding carboxylic acids is 1. The highest BCUT2D eigenvalue weighted by atomic mass is 16.2. The summed E-state index contributed by atoms with van der Waals surface area (Å²) < 4.78 is 2.20. The molecule has 1 aliphatic heterocycles. The molecule has 5 heteroatoms. The second-order valence-electron chi connectivity index (χ2n) is 6.68. The summed E-state index contributed by atoms with van der Waals surface area (Å²) in [6.45, 7) is 4.93. The van der Waals surface area contributed by atoms with Crippen LogP contribution in [0.3, 0.4) is 0 Å². The summed E-state index contributed by atoms with van der Waals surface area (Å²) in [4.78, 5) is 21.1. The van der Waals surface area contributed by atoms with Crippen molar-refractivity contribution < 1.29 is 4.79 Å². The Labute approximate surface area is 143 Å². The average Bonchev–Trinajstić information content (AvgIpc) is 3.02. The molecule has 1 saturated heterocycles. The fourth-order valence-electron chi connectivity index (χ4n) is 3.46. The fourth-order valence-corrected chi connectivity index (χ4v) is 3.46. The summed E-state index contributed by atoms with van der Waals surface area (Å²) in [5, 5.41) is 0. The lowest BCUT2D eigenvalue weighted by atomic mass is 10.1. The van der Waals surface area contributed by atoms with E-state index in [9.17, 15) is 4.79 Å². The quantitative estimate of drug-likeness (QED) is 0.848. The van der Waals surface area contributed by atoms with Crippen LogP contribution in [0, 0.1) is 6.92 Å². The number of rotatable bonds is 5. The number of nitrogens with zero attached hydrogens (tertiary/aromatic N) is 4. The molecule has 1 aromatic carbocycles. The van der Waals surface area contributed by atoms with E-state index in [1.807, 2.05) is 49.5 Å². The van der Waals surface area contributed by atoms with Crippen LogP contribution in [0.25, 0.3) is 0 Å². The Hall–Kier alpha value is -2.14. The van der Waals surface area contributed by atoms with Gasteiger partial charge in [-0.1, -0.05) is 30.3 Å². The predicted molar refractivity (Wildman–Crippen MR) is 94.6 cm³/mol. The third-order valence-corrected chi connectivity index (χ3v) is 4.71. The van der Waals surface area contributed by atoms with Gasteiger partial charge in [0.2, 0.25) is 5.91 Å². The first-order valence-corrected chi connectivity index (χ1v) is 8.63. The molecule has 1 unspecified atom stereocenters. The zero-order valence-corrected chi connectivity index (χ0v) is 14.6. The maximum absolute atomic E-state index is 12.7. The number of benzene rings is 1. The molecule has 0 bridgehead atoms. The standard InChI is InChI=1S/C19H26N4O/c1-16-20-10-12-23(16)18-9-6-11-22(14-18)19(24)15-21(2)13-17-7-4-3-5-8-17/h3-5,7-8,10,12,18H,6,9,11,13-15H2,1-2H3. The molecule has 0 spiro atoms. The first kappa shape index (κ1) is 16.7. The Morgan fingerprint density at radius 3 is 2.83 bits per heavy atom. The van der Waals surface area contributed by atoms with Crippen molar-refractivity contribution in [2.45, 2.75) is 32.4 Å². The zero-order valence-electron chi connectivity index (χ0n) is 14.6. The van der Waals surface area contributed by atoms with Crippen LogP contribution in [0.4, 0.5) is 0 Å². The normalized spacial score (nSPS) is 18.1. The molecular weight excluding hydrogens is 300 g/mol. The number of piperidine rings is 1. The van der Waals surface area contributed by atoms with Crippen LogP contribution in [0.15, 0.2) is 42.7 Å². The summed E-state index contributed by atoms with van der Waals surface area (Å²) in [6, 6.07) is 10.6. The lowest BCUT2D eigenvalue weighted by Gasteiger charge is -2.34. The van der Waals surface area contributed by atoms with Crippen LogP contribution in [0.1, 0.15) is 30.3 Å². The van der Waals surface area contributed by atoms with Gasteiger partial charge in [0, 0.05) is 32.0 Å². The smallest absolute Gasteiger partial charge is 0.236 e. The van der Waals surface area contributed by atoms with E-state index in [4.69, 9.17) is 0 Å². The molecule has 1 aromatic heterocycles. The molecule has 1 fully saturated rings. The minimum atomic E-state index is 0.218. The molecule has 1 atom stereocenters. The molecule has 0 saturated carbocycles. The number of hydrogen-bond acceptors (Lipinski definition) is 3. The number of likely N-dealkylation sites (N-methyl/N-ethyl adjacent to an activating group) is 1. The topological polar surface area (TPSA) is 41.4 Å². The largest absolute Gasteiger partial charge is 0.340 e. The SMILES string of the molecule is Cc1nccn1C1CCCN(C(=O)CN(C)Cc2ccccc2)C1. The van der Waals surface area contributed by atoms with Crippen LogP contribution in [0.2, 0.25) is 0 Å². The lowest BCUT2D eigenvalue weighted by molar-refractivity contribution is -0.133. The van der Waals surface area contributed by atoms with Crippen molar-refractivity contribution in [3.05, 3.63) is 54.1 Å². The van der Waals surface area contributed by atoms with Gasteiger partial charge < -0.3 is 9.47 Å². The number of amides is 1. The summed E-state index contributed by atoms with van der Waals surface area (Å²) in [6.07, 6.45) is 6.02. The number of aromatic nitrogens is 2. The van der Waals surface area contributed by atoms with Crippen molar-refractivity contribution in [2.24, 2.45) is 0 Å². The Balaban J connectivity index is 1.55. The first-order valence-electron chi connectivity index (χ1n) is 8.63. The number of hydrogen-bond donors (Lipinski definition) is 0. The molecule has 24 heavy (non-hydrogen) atoms. The maximum Gasteiger partial charge on any atom is 0.236 e. The van der Waals surface area contributed by atoms with Crippen LogP contribution in [-0.4, -0.2) is 51.9 Å². The van der Waals surface area contributed by atoms with E-state index in [-0.39, 0.29) is 5.91 Å². The molecule has 2 aromatic rings. The Morgan fingerprint density at radius 1 is 1.33 bits per heavy atom. The minimum absolute atomic E-state index is 0.218. The molecule has 0 N–H and O–H groups in total. The van der Waals surface area contributed by atoms with Gasteiger partial charge in [0.25, 0.3) is 0 Å². The van der Waals surface area contributed by atoms with Gasteiger partial charge in [0.15, 0.2) is 0 Å². The molecule has 0 radical (unpaired) electrons. The van der Waals surface area contributed by atoms with Gasteiger partial charge in [0.1, 0.15) is 5.82 Å². The molecular formula is C19H26N4O. The molecule has 0 aliphatic carbocycles. The van der Waals surface area contributed by atoms with Crippen LogP contribution >= 0.6 is 0 Å². The molecule has 5 nitrogen and oxygen atoms in total. The summed E-state index contributed by atoms with van der Waals surface area (Å²) in [7, 11) is 2.01. The van der Waals surface area contributed by atoms with Gasteiger partial charge in [-0.15, -0.1) is 0 Å². The number of imidazole rings is 1. The van der Waals surface area contributed by atoms with Crippen molar-refractivity contribution in [1.82, 2.24) is 19.4 Å². The van der Waals surface area contributed by atoms with Crippen LogP contribution < -0.4 is 0 Å². The van der Waals surface area contributed by atoms with Gasteiger partial charge in [-0.2, -0.15) is 0 Å². The summed E-state index contributed by atoms with van der Waals surface area (Å²) in [5.74, 6) is 1.24. The maximum atomic E-state index is 12.7. The Bertz CT molecular complexity index is 667. The lowest BCUT2D eigenvalue weighted by Crippen LogP contribution is -2.44. The van der Waals surface area contributed by atoms with Gasteiger partial charge >= 0.3 is 0 Å². The molecule has 2 heterocycles. The average molecular weight is 326 g/mol. The monoisotopic (exact) mass is 326 g/mol. The van der Waals surface area contributed by atoms with Gasteiger partial charge in [-0.05, 0) is 32.4 Å². The van der Waals surface area contributed by atoms with E-state index in [1.165, 1.54) is 5.56 Å². The Morgan fingerprint density at radius 2 is 2.12 bits per heavy atom. The van der Waals surface area contributed by atoms with E-state index in [1.54, 1.807) is 0 Å². The zero-order chi connectivity index (χ0) is 16.9. The second kappa shape index (κ2) is 7.62. The van der Waals surface area contributed by atoms with E-state index in [0.29, 0.717) is 12.6 Å². The molecule has 3 rings (SSSR count). The van der Waals surface area contributed by atoms with E-state index < -0.39 is 0 Å².